The van der Waals surface area contributed by atoms with E-state index in [0.29, 0.717) is 11.3 Å². The molecule has 1 unspecified atom stereocenters. The van der Waals surface area contributed by atoms with Gasteiger partial charge in [0.05, 0.1) is 12.7 Å². The topological polar surface area (TPSA) is 71.7 Å². The molecule has 1 aromatic carbocycles. The van der Waals surface area contributed by atoms with Crippen LogP contribution in [0.5, 0.6) is 5.75 Å². The van der Waals surface area contributed by atoms with Gasteiger partial charge >= 0.3 is 0 Å². The summed E-state index contributed by atoms with van der Waals surface area (Å²) in [5.74, 6) is 0.237. The summed E-state index contributed by atoms with van der Waals surface area (Å²) >= 11 is 0. The van der Waals surface area contributed by atoms with E-state index in [1.54, 1.807) is 31.8 Å². The van der Waals surface area contributed by atoms with Crippen molar-refractivity contribution in [2.45, 2.75) is 11.8 Å². The Labute approximate surface area is 175 Å². The molecule has 3 heterocycles. The van der Waals surface area contributed by atoms with Crippen molar-refractivity contribution in [2.24, 2.45) is 0 Å². The Morgan fingerprint density at radius 1 is 0.800 bits per heavy atom. The lowest BCUT2D eigenvalue weighted by atomic mass is 9.75. The van der Waals surface area contributed by atoms with Crippen LogP contribution in [0.1, 0.15) is 39.8 Å². The van der Waals surface area contributed by atoms with Crippen LogP contribution >= 0.6 is 0 Å². The van der Waals surface area contributed by atoms with Crippen molar-refractivity contribution in [3.63, 3.8) is 0 Å². The SMILES string of the molecule is COc1c(C#N)cccc1C(c1ccccn1)C(c1cccnc1)c1cccnc1. The number of nitrogens with zero attached hydrogens (tertiary/aromatic N) is 4. The van der Waals surface area contributed by atoms with Crippen molar-refractivity contribution in [1.82, 2.24) is 15.0 Å². The van der Waals surface area contributed by atoms with Gasteiger partial charge in [-0.15, -0.1) is 0 Å². The first-order valence-electron chi connectivity index (χ1n) is 9.61. The summed E-state index contributed by atoms with van der Waals surface area (Å²) in [6.45, 7) is 0. The summed E-state index contributed by atoms with van der Waals surface area (Å²) in [4.78, 5) is 13.4. The predicted octanol–water partition coefficient (Wildman–Crippen LogP) is 4.72. The highest BCUT2D eigenvalue weighted by atomic mass is 16.5. The molecule has 0 bridgehead atoms. The third kappa shape index (κ3) is 3.76. The van der Waals surface area contributed by atoms with Crippen molar-refractivity contribution in [3.8, 4) is 11.8 Å². The van der Waals surface area contributed by atoms with Crippen LogP contribution in [0.15, 0.2) is 91.6 Å². The number of hydrogen-bond donors (Lipinski definition) is 0. The van der Waals surface area contributed by atoms with Crippen LogP contribution in [0.25, 0.3) is 0 Å². The van der Waals surface area contributed by atoms with E-state index in [9.17, 15) is 5.26 Å². The number of para-hydroxylation sites is 1. The van der Waals surface area contributed by atoms with E-state index in [-0.39, 0.29) is 11.8 Å². The predicted molar refractivity (Wildman–Crippen MR) is 114 cm³/mol. The summed E-state index contributed by atoms with van der Waals surface area (Å²) < 4.78 is 5.71. The first kappa shape index (κ1) is 19.3. The first-order valence-corrected chi connectivity index (χ1v) is 9.61. The fraction of sp³-hybridized carbons (Fsp3) is 0.120. The summed E-state index contributed by atoms with van der Waals surface area (Å²) in [6, 6.07) is 21.7. The van der Waals surface area contributed by atoms with Crippen molar-refractivity contribution in [2.75, 3.05) is 7.11 Å². The number of pyridine rings is 3. The molecule has 0 radical (unpaired) electrons. The zero-order valence-electron chi connectivity index (χ0n) is 16.5. The van der Waals surface area contributed by atoms with Crippen LogP contribution in [-0.2, 0) is 0 Å². The monoisotopic (exact) mass is 392 g/mol. The molecule has 5 nitrogen and oxygen atoms in total. The molecule has 0 fully saturated rings. The highest BCUT2D eigenvalue weighted by Gasteiger charge is 2.32. The lowest BCUT2D eigenvalue weighted by Gasteiger charge is -2.29. The van der Waals surface area contributed by atoms with Gasteiger partial charge in [0, 0.05) is 54.1 Å². The van der Waals surface area contributed by atoms with Gasteiger partial charge < -0.3 is 4.74 Å². The zero-order chi connectivity index (χ0) is 20.8. The second-order valence-corrected chi connectivity index (χ2v) is 6.82. The Bertz CT molecular complexity index is 1100. The molecule has 4 aromatic rings. The molecule has 0 aliphatic heterocycles. The zero-order valence-corrected chi connectivity index (χ0v) is 16.5. The number of ether oxygens (including phenoxy) is 1. The summed E-state index contributed by atoms with van der Waals surface area (Å²) in [5, 5.41) is 9.63. The molecule has 5 heteroatoms. The van der Waals surface area contributed by atoms with Crippen LogP contribution in [0.2, 0.25) is 0 Å². The van der Waals surface area contributed by atoms with E-state index in [2.05, 4.69) is 33.2 Å². The Balaban J connectivity index is 2.01. The number of rotatable bonds is 6. The first-order chi connectivity index (χ1) is 14.8. The van der Waals surface area contributed by atoms with Gasteiger partial charge in [0.25, 0.3) is 0 Å². The van der Waals surface area contributed by atoms with Crippen molar-refractivity contribution in [1.29, 1.82) is 5.26 Å². The van der Waals surface area contributed by atoms with Gasteiger partial charge in [0.2, 0.25) is 0 Å². The summed E-state index contributed by atoms with van der Waals surface area (Å²) in [5.41, 5.74) is 4.33. The molecule has 30 heavy (non-hydrogen) atoms. The Hall–Kier alpha value is -4.04. The Morgan fingerprint density at radius 2 is 1.53 bits per heavy atom. The quantitative estimate of drug-likeness (QED) is 0.475. The molecular weight excluding hydrogens is 372 g/mol. The minimum atomic E-state index is -0.206. The third-order valence-electron chi connectivity index (χ3n) is 5.13. The molecule has 0 aliphatic rings. The van der Waals surface area contributed by atoms with Gasteiger partial charge in [-0.05, 0) is 41.5 Å². The fourth-order valence-corrected chi connectivity index (χ4v) is 3.88. The highest BCUT2D eigenvalue weighted by molar-refractivity contribution is 5.54. The lowest BCUT2D eigenvalue weighted by Crippen LogP contribution is -2.17. The minimum absolute atomic E-state index is 0.120. The summed E-state index contributed by atoms with van der Waals surface area (Å²) in [6.07, 6.45) is 9.04. The van der Waals surface area contributed by atoms with Crippen LogP contribution < -0.4 is 4.74 Å². The molecular formula is C25H20N4O. The fourth-order valence-electron chi connectivity index (χ4n) is 3.88. The van der Waals surface area contributed by atoms with Crippen LogP contribution in [0.3, 0.4) is 0 Å². The molecule has 4 rings (SSSR count). The third-order valence-corrected chi connectivity index (χ3v) is 5.13. The maximum absolute atomic E-state index is 9.63. The largest absolute Gasteiger partial charge is 0.495 e. The van der Waals surface area contributed by atoms with Gasteiger partial charge in [-0.2, -0.15) is 5.26 Å². The number of benzene rings is 1. The van der Waals surface area contributed by atoms with Crippen LogP contribution in [0, 0.1) is 11.3 Å². The van der Waals surface area contributed by atoms with Gasteiger partial charge in [0.15, 0.2) is 0 Å². The van der Waals surface area contributed by atoms with Crippen molar-refractivity contribution < 1.29 is 4.74 Å². The minimum Gasteiger partial charge on any atom is -0.495 e. The summed E-state index contributed by atoms with van der Waals surface area (Å²) in [7, 11) is 1.60. The molecule has 0 N–H and O–H groups in total. The van der Waals surface area contributed by atoms with Crippen LogP contribution in [0.4, 0.5) is 0 Å². The van der Waals surface area contributed by atoms with Gasteiger partial charge in [-0.1, -0.05) is 30.3 Å². The van der Waals surface area contributed by atoms with E-state index in [1.807, 2.05) is 54.9 Å². The van der Waals surface area contributed by atoms with E-state index in [4.69, 9.17) is 4.74 Å². The lowest BCUT2D eigenvalue weighted by molar-refractivity contribution is 0.404. The molecule has 0 saturated heterocycles. The van der Waals surface area contributed by atoms with Crippen molar-refractivity contribution >= 4 is 0 Å². The average molecular weight is 392 g/mol. The van der Waals surface area contributed by atoms with Crippen LogP contribution in [-0.4, -0.2) is 22.1 Å². The smallest absolute Gasteiger partial charge is 0.140 e. The maximum atomic E-state index is 9.63. The maximum Gasteiger partial charge on any atom is 0.140 e. The van der Waals surface area contributed by atoms with E-state index in [0.717, 1.165) is 22.4 Å². The molecule has 0 spiro atoms. The second-order valence-electron chi connectivity index (χ2n) is 6.82. The number of methoxy groups -OCH3 is 1. The molecule has 0 saturated carbocycles. The van der Waals surface area contributed by atoms with E-state index < -0.39 is 0 Å². The Morgan fingerprint density at radius 3 is 2.07 bits per heavy atom. The van der Waals surface area contributed by atoms with E-state index >= 15 is 0 Å². The van der Waals surface area contributed by atoms with Gasteiger partial charge in [-0.3, -0.25) is 15.0 Å². The standard InChI is InChI=1S/C25H20N4O/c1-30-25-18(15-26)7-4-10-21(25)24(22-11-2-3-14-29-22)23(19-8-5-12-27-16-19)20-9-6-13-28-17-20/h2-14,16-17,23-24H,1H3. The molecule has 3 aromatic heterocycles. The van der Waals surface area contributed by atoms with Crippen molar-refractivity contribution in [3.05, 3.63) is 120 Å². The van der Waals surface area contributed by atoms with Gasteiger partial charge in [0.1, 0.15) is 11.8 Å². The number of aromatic nitrogens is 3. The molecule has 0 aliphatic carbocycles. The Kier molecular flexibility index (Phi) is 5.77. The molecule has 1 atom stereocenters. The molecule has 0 amide bonds. The second kappa shape index (κ2) is 8.97. The normalized spacial score (nSPS) is 11.6. The number of hydrogen-bond acceptors (Lipinski definition) is 5. The van der Waals surface area contributed by atoms with E-state index in [1.165, 1.54) is 0 Å². The number of nitriles is 1. The van der Waals surface area contributed by atoms with Gasteiger partial charge in [-0.25, -0.2) is 0 Å². The molecule has 146 valence electrons. The highest BCUT2D eigenvalue weighted by Crippen LogP contribution is 2.45. The average Bonchev–Trinajstić information content (AvgIpc) is 2.83.